The fourth-order valence-corrected chi connectivity index (χ4v) is 7.78. The van der Waals surface area contributed by atoms with Crippen molar-refractivity contribution in [1.82, 2.24) is 0 Å². The highest BCUT2D eigenvalue weighted by Gasteiger charge is 2.37. The van der Waals surface area contributed by atoms with Gasteiger partial charge in [0.1, 0.15) is 20.4 Å². The molecule has 0 unspecified atom stereocenters. The maximum atomic E-state index is 6.37. The molecule has 0 aliphatic heterocycles. The van der Waals surface area contributed by atoms with E-state index < -0.39 is 8.07 Å². The Morgan fingerprint density at radius 3 is 2.41 bits per heavy atom. The van der Waals surface area contributed by atoms with Crippen LogP contribution >= 0.6 is 0 Å². The van der Waals surface area contributed by atoms with E-state index in [0.29, 0.717) is 6.61 Å². The molecule has 0 fully saturated rings. The van der Waals surface area contributed by atoms with Gasteiger partial charge in [-0.05, 0) is 41.1 Å². The van der Waals surface area contributed by atoms with E-state index in [4.69, 9.17) is 4.74 Å². The quantitative estimate of drug-likeness (QED) is 0.374. The van der Waals surface area contributed by atoms with Crippen LogP contribution < -0.4 is 9.92 Å². The Morgan fingerprint density at radius 2 is 1.79 bits per heavy atom. The summed E-state index contributed by atoms with van der Waals surface area (Å²) in [6.07, 6.45) is 7.58. The normalized spacial score (nSPS) is 14.4. The van der Waals surface area contributed by atoms with Gasteiger partial charge in [0.15, 0.2) is 0 Å². The van der Waals surface area contributed by atoms with Gasteiger partial charge in [-0.2, -0.15) is 0 Å². The standard InChI is InChI=1S/C27H34OSi/c1-8-17-28-26-22(21-13-10-9-11-14-21)18-20(2)19-25(26)29(6,7)24-16-12-15-23(24)27(3,4)5/h8-15,18-19H,1,16-17H2,2-7H3. The molecule has 0 amide bonds. The predicted molar refractivity (Wildman–Crippen MR) is 130 cm³/mol. The third kappa shape index (κ3) is 4.33. The predicted octanol–water partition coefficient (Wildman–Crippen LogP) is 6.98. The molecule has 0 atom stereocenters. The van der Waals surface area contributed by atoms with E-state index in [-0.39, 0.29) is 5.41 Å². The fraction of sp³-hybridized carbons (Fsp3) is 0.333. The molecule has 0 aromatic heterocycles. The number of hydrogen-bond acceptors (Lipinski definition) is 1. The first kappa shape index (κ1) is 21.4. The van der Waals surface area contributed by atoms with E-state index in [9.17, 15) is 0 Å². The molecule has 0 radical (unpaired) electrons. The second-order valence-electron chi connectivity index (χ2n) is 9.53. The molecule has 0 bridgehead atoms. The molecule has 1 nitrogen and oxygen atoms in total. The van der Waals surface area contributed by atoms with Crippen LogP contribution in [0.15, 0.2) is 78.0 Å². The average molecular weight is 403 g/mol. The largest absolute Gasteiger partial charge is 0.489 e. The lowest BCUT2D eigenvalue weighted by atomic mass is 9.87. The first-order chi connectivity index (χ1) is 13.7. The highest BCUT2D eigenvalue weighted by atomic mass is 28.3. The summed E-state index contributed by atoms with van der Waals surface area (Å²) in [6.45, 7) is 18.5. The van der Waals surface area contributed by atoms with Crippen LogP contribution in [0.2, 0.25) is 13.1 Å². The van der Waals surface area contributed by atoms with Crippen LogP contribution in [-0.2, 0) is 0 Å². The minimum absolute atomic E-state index is 0.154. The van der Waals surface area contributed by atoms with Crippen molar-refractivity contribution in [3.05, 3.63) is 83.6 Å². The van der Waals surface area contributed by atoms with Crippen molar-refractivity contribution < 1.29 is 4.74 Å². The lowest BCUT2D eigenvalue weighted by Gasteiger charge is -2.33. The first-order valence-electron chi connectivity index (χ1n) is 10.5. The Balaban J connectivity index is 2.25. The van der Waals surface area contributed by atoms with Crippen LogP contribution in [0.25, 0.3) is 11.1 Å². The van der Waals surface area contributed by atoms with E-state index in [1.807, 2.05) is 6.08 Å². The number of benzene rings is 2. The number of rotatable bonds is 6. The van der Waals surface area contributed by atoms with E-state index in [1.165, 1.54) is 27.5 Å². The third-order valence-electron chi connectivity index (χ3n) is 5.83. The van der Waals surface area contributed by atoms with Gasteiger partial charge in [-0.1, -0.05) is 106 Å². The molecule has 2 aromatic rings. The maximum absolute atomic E-state index is 6.37. The molecule has 0 spiro atoms. The van der Waals surface area contributed by atoms with Crippen molar-refractivity contribution >= 4 is 13.3 Å². The van der Waals surface area contributed by atoms with E-state index in [1.54, 1.807) is 5.20 Å². The summed E-state index contributed by atoms with van der Waals surface area (Å²) in [7, 11) is -1.95. The van der Waals surface area contributed by atoms with E-state index in [2.05, 4.69) is 102 Å². The molecule has 0 N–H and O–H groups in total. The van der Waals surface area contributed by atoms with Crippen molar-refractivity contribution in [2.24, 2.45) is 5.41 Å². The van der Waals surface area contributed by atoms with Gasteiger partial charge in [0.2, 0.25) is 0 Å². The number of allylic oxidation sites excluding steroid dienone is 4. The van der Waals surface area contributed by atoms with Crippen molar-refractivity contribution in [1.29, 1.82) is 0 Å². The minimum Gasteiger partial charge on any atom is -0.489 e. The fourth-order valence-electron chi connectivity index (χ4n) is 4.33. The number of hydrogen-bond donors (Lipinski definition) is 0. The molecule has 152 valence electrons. The first-order valence-corrected chi connectivity index (χ1v) is 13.5. The van der Waals surface area contributed by atoms with Gasteiger partial charge in [-0.25, -0.2) is 0 Å². The second kappa shape index (κ2) is 8.20. The van der Waals surface area contributed by atoms with Crippen LogP contribution in [0, 0.1) is 12.3 Å². The maximum Gasteiger partial charge on any atom is 0.127 e. The Kier molecular flexibility index (Phi) is 6.04. The molecule has 29 heavy (non-hydrogen) atoms. The lowest BCUT2D eigenvalue weighted by molar-refractivity contribution is 0.367. The zero-order valence-electron chi connectivity index (χ0n) is 18.8. The highest BCUT2D eigenvalue weighted by Crippen LogP contribution is 2.40. The summed E-state index contributed by atoms with van der Waals surface area (Å²) in [4.78, 5) is 0. The zero-order valence-corrected chi connectivity index (χ0v) is 19.8. The molecule has 0 heterocycles. The molecule has 1 aliphatic carbocycles. The van der Waals surface area contributed by atoms with Crippen LogP contribution in [0.4, 0.5) is 0 Å². The summed E-state index contributed by atoms with van der Waals surface area (Å²) in [5, 5.41) is 3.01. The van der Waals surface area contributed by atoms with Gasteiger partial charge in [-0.15, -0.1) is 0 Å². The average Bonchev–Trinajstić information content (AvgIpc) is 3.18. The van der Waals surface area contributed by atoms with E-state index in [0.717, 1.165) is 12.2 Å². The summed E-state index contributed by atoms with van der Waals surface area (Å²) < 4.78 is 6.37. The molecule has 0 saturated heterocycles. The number of aryl methyl sites for hydroxylation is 1. The smallest absolute Gasteiger partial charge is 0.127 e. The molecular weight excluding hydrogens is 368 g/mol. The Bertz CT molecular complexity index is 956. The molecule has 1 aliphatic rings. The van der Waals surface area contributed by atoms with Crippen LogP contribution in [-0.4, -0.2) is 14.7 Å². The van der Waals surface area contributed by atoms with Gasteiger partial charge in [0.25, 0.3) is 0 Å². The van der Waals surface area contributed by atoms with Gasteiger partial charge in [0, 0.05) is 5.56 Å². The van der Waals surface area contributed by atoms with Crippen LogP contribution in [0.1, 0.15) is 32.8 Å². The van der Waals surface area contributed by atoms with Crippen molar-refractivity contribution in [3.63, 3.8) is 0 Å². The van der Waals surface area contributed by atoms with Gasteiger partial charge in [0.05, 0.1) is 0 Å². The Morgan fingerprint density at radius 1 is 1.10 bits per heavy atom. The molecule has 2 heteroatoms. The second-order valence-corrected chi connectivity index (χ2v) is 13.9. The molecular formula is C27H34OSi. The van der Waals surface area contributed by atoms with Crippen LogP contribution in [0.5, 0.6) is 5.75 Å². The summed E-state index contributed by atoms with van der Waals surface area (Å²) in [6, 6.07) is 15.2. The zero-order chi connectivity index (χ0) is 21.2. The summed E-state index contributed by atoms with van der Waals surface area (Å²) >= 11 is 0. The van der Waals surface area contributed by atoms with Gasteiger partial charge < -0.3 is 4.74 Å². The Labute approximate surface area is 177 Å². The number of ether oxygens (including phenoxy) is 1. The lowest BCUT2D eigenvalue weighted by Crippen LogP contribution is -2.46. The topological polar surface area (TPSA) is 9.23 Å². The van der Waals surface area contributed by atoms with Crippen LogP contribution in [0.3, 0.4) is 0 Å². The molecule has 2 aromatic carbocycles. The summed E-state index contributed by atoms with van der Waals surface area (Å²) in [5.41, 5.74) is 5.34. The SMILES string of the molecule is C=CCOc1c(-c2ccccc2)cc(C)cc1[Si](C)(C)C1=C(C(C)(C)C)C=CC1. The molecule has 0 saturated carbocycles. The monoisotopic (exact) mass is 402 g/mol. The van der Waals surface area contributed by atoms with Gasteiger partial charge >= 0.3 is 0 Å². The van der Waals surface area contributed by atoms with E-state index >= 15 is 0 Å². The third-order valence-corrected chi connectivity index (χ3v) is 9.53. The Hall–Kier alpha value is -2.32. The van der Waals surface area contributed by atoms with Crippen molar-refractivity contribution in [2.75, 3.05) is 6.61 Å². The van der Waals surface area contributed by atoms with Crippen molar-refractivity contribution in [2.45, 2.75) is 47.2 Å². The highest BCUT2D eigenvalue weighted by molar-refractivity contribution is 6.96. The van der Waals surface area contributed by atoms with Crippen molar-refractivity contribution in [3.8, 4) is 16.9 Å². The molecule has 3 rings (SSSR count). The van der Waals surface area contributed by atoms with Gasteiger partial charge in [-0.3, -0.25) is 0 Å². The minimum atomic E-state index is -1.95. The summed E-state index contributed by atoms with van der Waals surface area (Å²) in [5.74, 6) is 1.03.